The van der Waals surface area contributed by atoms with Crippen molar-refractivity contribution in [3.63, 3.8) is 0 Å². The lowest BCUT2D eigenvalue weighted by Crippen LogP contribution is -2.42. The van der Waals surface area contributed by atoms with Crippen molar-refractivity contribution < 1.29 is 19.1 Å². The monoisotopic (exact) mass is 630 g/mol. The molecule has 2 aliphatic carbocycles. The maximum atomic E-state index is 14.0. The van der Waals surface area contributed by atoms with Crippen molar-refractivity contribution in [1.29, 1.82) is 0 Å². The summed E-state index contributed by atoms with van der Waals surface area (Å²) < 4.78 is 11.7. The first-order chi connectivity index (χ1) is 20.9. The van der Waals surface area contributed by atoms with Crippen LogP contribution in [0.5, 0.6) is 11.5 Å². The van der Waals surface area contributed by atoms with Crippen molar-refractivity contribution in [1.82, 2.24) is 4.98 Å². The number of benzene rings is 3. The maximum Gasteiger partial charge on any atom is 0.305 e. The number of aromatic amines is 1. The predicted molar refractivity (Wildman–Crippen MR) is 166 cm³/mol. The van der Waals surface area contributed by atoms with Crippen molar-refractivity contribution >= 4 is 52.2 Å². The molecular weight excluding hydrogens is 604 g/mol. The largest absolute Gasteiger partial charge is 0.497 e. The number of halogens is 1. The molecule has 4 aromatic rings. The van der Waals surface area contributed by atoms with Crippen LogP contribution in [0.2, 0.25) is 5.02 Å². The molecule has 3 aromatic carbocycles. The number of hydrogen-bond donors (Lipinski definition) is 1. The maximum absolute atomic E-state index is 14.0. The molecule has 4 aliphatic rings. The Labute approximate surface area is 261 Å². The van der Waals surface area contributed by atoms with Crippen LogP contribution in [0.25, 0.3) is 0 Å². The van der Waals surface area contributed by atoms with Gasteiger partial charge in [0.25, 0.3) is 0 Å². The quantitative estimate of drug-likeness (QED) is 0.250. The Morgan fingerprint density at radius 3 is 2.49 bits per heavy atom. The molecule has 1 N–H and O–H groups in total. The molecule has 10 heteroatoms. The molecule has 7 atom stereocenters. The molecule has 2 amide bonds. The zero-order valence-corrected chi connectivity index (χ0v) is 25.5. The van der Waals surface area contributed by atoms with Crippen LogP contribution in [0.15, 0.2) is 82.6 Å². The topological polar surface area (TPSA) is 88.7 Å². The molecule has 2 bridgehead atoms. The molecule has 6 unspecified atom stereocenters. The second kappa shape index (κ2) is 10.3. The predicted octanol–water partition coefficient (Wildman–Crippen LogP) is 6.36. The van der Waals surface area contributed by atoms with E-state index in [1.807, 2.05) is 42.5 Å². The minimum Gasteiger partial charge on any atom is -0.497 e. The molecule has 2 saturated carbocycles. The Kier molecular flexibility index (Phi) is 6.47. The van der Waals surface area contributed by atoms with Gasteiger partial charge >= 0.3 is 4.87 Å². The van der Waals surface area contributed by atoms with Crippen molar-refractivity contribution in [3.8, 4) is 11.5 Å². The second-order valence-corrected chi connectivity index (χ2v) is 14.3. The van der Waals surface area contributed by atoms with Gasteiger partial charge in [-0.3, -0.25) is 19.3 Å². The van der Waals surface area contributed by atoms with Crippen LogP contribution in [-0.4, -0.2) is 29.2 Å². The lowest BCUT2D eigenvalue weighted by molar-refractivity contribution is -0.123. The van der Waals surface area contributed by atoms with Crippen LogP contribution in [0.1, 0.15) is 28.3 Å². The number of H-pyrrole nitrogens is 1. The number of amides is 2. The third kappa shape index (κ3) is 4.19. The highest BCUT2D eigenvalue weighted by Crippen LogP contribution is 2.69. The van der Waals surface area contributed by atoms with Crippen LogP contribution < -0.4 is 19.2 Å². The van der Waals surface area contributed by atoms with E-state index in [0.717, 1.165) is 33.2 Å². The molecule has 1 aromatic heterocycles. The van der Waals surface area contributed by atoms with Crippen LogP contribution in [-0.2, 0) is 16.2 Å². The van der Waals surface area contributed by atoms with Crippen LogP contribution in [0, 0.1) is 29.6 Å². The van der Waals surface area contributed by atoms with Crippen molar-refractivity contribution in [3.05, 3.63) is 103 Å². The number of rotatable bonds is 6. The van der Waals surface area contributed by atoms with E-state index in [2.05, 4.69) is 11.1 Å². The van der Waals surface area contributed by atoms with Gasteiger partial charge in [-0.05, 0) is 72.2 Å². The van der Waals surface area contributed by atoms with Crippen molar-refractivity contribution in [2.24, 2.45) is 29.6 Å². The fourth-order valence-electron chi connectivity index (χ4n) is 8.01. The fourth-order valence-corrected chi connectivity index (χ4v) is 11.1. The SMILES string of the molecule is COc1ccc(N2C(=O)C3C4CC(C3C2=O)C2C4Sc3[nH]c(=O)sc3[C@@H]2c2ccccc2OCc2cccc(Cl)c2)cc1. The lowest BCUT2D eigenvalue weighted by Gasteiger charge is -2.43. The molecule has 1 saturated heterocycles. The van der Waals surface area contributed by atoms with Crippen LogP contribution >= 0.6 is 34.7 Å². The minimum atomic E-state index is -0.374. The number of carbonyl (C=O) groups is 2. The molecule has 218 valence electrons. The molecule has 3 heterocycles. The number of thioether (sulfide) groups is 1. The third-order valence-electron chi connectivity index (χ3n) is 9.59. The zero-order chi connectivity index (χ0) is 29.4. The van der Waals surface area contributed by atoms with E-state index in [1.54, 1.807) is 43.1 Å². The smallest absolute Gasteiger partial charge is 0.305 e. The number of nitrogens with one attached hydrogen (secondary N) is 1. The van der Waals surface area contributed by atoms with Crippen molar-refractivity contribution in [2.75, 3.05) is 12.0 Å². The summed E-state index contributed by atoms with van der Waals surface area (Å²) in [4.78, 5) is 46.0. The Bertz CT molecular complexity index is 1820. The van der Waals surface area contributed by atoms with Gasteiger partial charge in [-0.2, -0.15) is 0 Å². The van der Waals surface area contributed by atoms with Gasteiger partial charge in [-0.1, -0.05) is 53.3 Å². The highest BCUT2D eigenvalue weighted by Gasteiger charge is 2.69. The second-order valence-electron chi connectivity index (χ2n) is 11.6. The number of carbonyl (C=O) groups excluding carboxylic acids is 2. The number of para-hydroxylation sites is 1. The van der Waals surface area contributed by atoms with Gasteiger partial charge in [0.2, 0.25) is 11.8 Å². The fraction of sp³-hybridized carbons (Fsp3) is 0.303. The van der Waals surface area contributed by atoms with E-state index >= 15 is 0 Å². The standard InChI is InChI=1S/C33H27ClN2O5S2/c1-40-19-11-9-18(10-12-19)36-31(37)26-21-14-22(27(26)32(36)38)28-25(21)24(29-30(42-28)35-33(39)43-29)20-7-2-3-8-23(20)41-15-16-5-4-6-17(34)13-16/h2-13,21-22,24-28H,14-15H2,1H3,(H,35,39)/t21?,22?,24-,25?,26?,27?,28?/m1/s1. The first kappa shape index (κ1) is 27.0. The summed E-state index contributed by atoms with van der Waals surface area (Å²) in [6.07, 6.45) is 0.826. The normalized spacial score (nSPS) is 28.5. The Hall–Kier alpha value is -3.53. The number of nitrogens with zero attached hydrogens (tertiary/aromatic N) is 1. The third-order valence-corrected chi connectivity index (χ3v) is 12.4. The summed E-state index contributed by atoms with van der Waals surface area (Å²) in [6.45, 7) is 0.351. The first-order valence-corrected chi connectivity index (χ1v) is 16.4. The summed E-state index contributed by atoms with van der Waals surface area (Å²) in [7, 11) is 1.59. The minimum absolute atomic E-state index is 0.0172. The number of aromatic nitrogens is 1. The van der Waals surface area contributed by atoms with Gasteiger partial charge in [-0.25, -0.2) is 0 Å². The summed E-state index contributed by atoms with van der Waals surface area (Å²) in [5.74, 6) is 0.477. The van der Waals surface area contributed by atoms with E-state index < -0.39 is 0 Å². The van der Waals surface area contributed by atoms with Crippen molar-refractivity contribution in [2.45, 2.75) is 29.2 Å². The molecule has 0 radical (unpaired) electrons. The number of methoxy groups -OCH3 is 1. The summed E-state index contributed by atoms with van der Waals surface area (Å²) >= 11 is 9.14. The first-order valence-electron chi connectivity index (χ1n) is 14.3. The average molecular weight is 631 g/mol. The summed E-state index contributed by atoms with van der Waals surface area (Å²) in [5, 5.41) is 1.63. The number of anilines is 1. The van der Waals surface area contributed by atoms with Gasteiger partial charge in [0, 0.05) is 26.6 Å². The highest BCUT2D eigenvalue weighted by molar-refractivity contribution is 8.00. The molecule has 3 fully saturated rings. The van der Waals surface area contributed by atoms with Gasteiger partial charge in [0.05, 0.1) is 29.7 Å². The summed E-state index contributed by atoms with van der Waals surface area (Å²) in [5.41, 5.74) is 2.55. The molecule has 0 spiro atoms. The molecule has 2 aliphatic heterocycles. The highest BCUT2D eigenvalue weighted by atomic mass is 35.5. The van der Waals surface area contributed by atoms with Gasteiger partial charge in [0.15, 0.2) is 0 Å². The number of fused-ring (bicyclic) bond motifs is 9. The van der Waals surface area contributed by atoms with E-state index in [-0.39, 0.29) is 57.4 Å². The average Bonchev–Trinajstić information content (AvgIpc) is 3.75. The molecule has 7 nitrogen and oxygen atoms in total. The van der Waals surface area contributed by atoms with Gasteiger partial charge < -0.3 is 14.5 Å². The van der Waals surface area contributed by atoms with Gasteiger partial charge in [0.1, 0.15) is 18.1 Å². The van der Waals surface area contributed by atoms with Crippen LogP contribution in [0.3, 0.4) is 0 Å². The number of ether oxygens (including phenoxy) is 2. The molecular formula is C33H27ClN2O5S2. The summed E-state index contributed by atoms with van der Waals surface area (Å²) in [6, 6.07) is 22.7. The van der Waals surface area contributed by atoms with E-state index in [4.69, 9.17) is 21.1 Å². The number of imide groups is 1. The number of thiazole rings is 1. The number of hydrogen-bond acceptors (Lipinski definition) is 7. The molecule has 43 heavy (non-hydrogen) atoms. The van der Waals surface area contributed by atoms with E-state index in [9.17, 15) is 14.4 Å². The Balaban J connectivity index is 1.17. The Morgan fingerprint density at radius 2 is 1.72 bits per heavy atom. The van der Waals surface area contributed by atoms with Gasteiger partial charge in [-0.15, -0.1) is 11.8 Å². The lowest BCUT2D eigenvalue weighted by atomic mass is 9.68. The van der Waals surface area contributed by atoms with E-state index in [0.29, 0.717) is 23.1 Å². The van der Waals surface area contributed by atoms with E-state index in [1.165, 1.54) is 16.2 Å². The molecule has 8 rings (SSSR count). The Morgan fingerprint density at radius 1 is 0.953 bits per heavy atom. The zero-order valence-electron chi connectivity index (χ0n) is 23.1. The van der Waals surface area contributed by atoms with Crippen LogP contribution in [0.4, 0.5) is 5.69 Å².